The molecule has 4 nitrogen and oxygen atoms in total. The van der Waals surface area contributed by atoms with Gasteiger partial charge in [-0.3, -0.25) is 9.59 Å². The van der Waals surface area contributed by atoms with Crippen molar-refractivity contribution in [2.45, 2.75) is 33.6 Å². The Morgan fingerprint density at radius 3 is 2.25 bits per heavy atom. The van der Waals surface area contributed by atoms with Crippen molar-refractivity contribution in [3.63, 3.8) is 0 Å². The Hall–Kier alpha value is -1.06. The molecule has 16 heavy (non-hydrogen) atoms. The monoisotopic (exact) mass is 227 g/mol. The Kier molecular flexibility index (Phi) is 4.33. The van der Waals surface area contributed by atoms with E-state index in [1.807, 2.05) is 20.8 Å². The Labute approximate surface area is 96.6 Å². The summed E-state index contributed by atoms with van der Waals surface area (Å²) in [5.74, 6) is -0.929. The first-order valence-electron chi connectivity index (χ1n) is 6.02. The van der Waals surface area contributed by atoms with Gasteiger partial charge < -0.3 is 10.0 Å². The Morgan fingerprint density at radius 2 is 1.88 bits per heavy atom. The van der Waals surface area contributed by atoms with Gasteiger partial charge in [-0.25, -0.2) is 0 Å². The molecule has 0 radical (unpaired) electrons. The lowest BCUT2D eigenvalue weighted by Crippen LogP contribution is -2.34. The van der Waals surface area contributed by atoms with Crippen molar-refractivity contribution in [1.29, 1.82) is 0 Å². The van der Waals surface area contributed by atoms with E-state index in [4.69, 9.17) is 5.11 Å². The lowest BCUT2D eigenvalue weighted by molar-refractivity contribution is -0.142. The molecule has 0 spiro atoms. The third-order valence-electron chi connectivity index (χ3n) is 3.58. The van der Waals surface area contributed by atoms with Crippen LogP contribution in [0.15, 0.2) is 0 Å². The van der Waals surface area contributed by atoms with E-state index in [2.05, 4.69) is 0 Å². The summed E-state index contributed by atoms with van der Waals surface area (Å²) < 4.78 is 0. The fourth-order valence-corrected chi connectivity index (χ4v) is 2.36. The fraction of sp³-hybridized carbons (Fsp3) is 0.833. The Balaban J connectivity index is 2.64. The molecule has 1 rings (SSSR count). The molecular weight excluding hydrogens is 206 g/mol. The number of carbonyl (C=O) groups is 2. The normalized spacial score (nSPS) is 25.1. The molecular formula is C12H21NO3. The topological polar surface area (TPSA) is 57.6 Å². The van der Waals surface area contributed by atoms with Crippen LogP contribution in [0, 0.1) is 17.8 Å². The summed E-state index contributed by atoms with van der Waals surface area (Å²) in [6, 6.07) is 0. The number of carboxylic acids is 1. The quantitative estimate of drug-likeness (QED) is 0.793. The van der Waals surface area contributed by atoms with E-state index < -0.39 is 11.9 Å². The van der Waals surface area contributed by atoms with Crippen LogP contribution in [0.5, 0.6) is 0 Å². The highest BCUT2D eigenvalue weighted by atomic mass is 16.4. The molecule has 92 valence electrons. The van der Waals surface area contributed by atoms with Crippen LogP contribution in [0.3, 0.4) is 0 Å². The van der Waals surface area contributed by atoms with Crippen LogP contribution in [0.2, 0.25) is 0 Å². The molecule has 2 atom stereocenters. The third kappa shape index (κ3) is 2.54. The van der Waals surface area contributed by atoms with Gasteiger partial charge in [-0.2, -0.15) is 0 Å². The summed E-state index contributed by atoms with van der Waals surface area (Å²) >= 11 is 0. The summed E-state index contributed by atoms with van der Waals surface area (Å²) in [7, 11) is 0. The van der Waals surface area contributed by atoms with Gasteiger partial charge in [-0.1, -0.05) is 20.8 Å². The molecule has 0 aromatic rings. The van der Waals surface area contributed by atoms with Gasteiger partial charge in [0.1, 0.15) is 0 Å². The van der Waals surface area contributed by atoms with Crippen molar-refractivity contribution in [2.75, 3.05) is 13.1 Å². The standard InChI is InChI=1S/C12H21NO3/c1-4-9(5-2)11(14)13-6-8(3)10(7-13)12(15)16/h8-10H,4-7H2,1-3H3,(H,15,16)/t8-,10-/m1/s1. The molecule has 1 aliphatic rings. The van der Waals surface area contributed by atoms with E-state index in [0.717, 1.165) is 12.8 Å². The molecule has 1 fully saturated rings. The maximum absolute atomic E-state index is 12.1. The highest BCUT2D eigenvalue weighted by Gasteiger charge is 2.38. The summed E-state index contributed by atoms with van der Waals surface area (Å²) in [4.78, 5) is 24.7. The lowest BCUT2D eigenvalue weighted by Gasteiger charge is -2.21. The van der Waals surface area contributed by atoms with Crippen LogP contribution in [0.25, 0.3) is 0 Å². The number of carboxylic acid groups (broad SMARTS) is 1. The minimum Gasteiger partial charge on any atom is -0.481 e. The molecule has 0 unspecified atom stereocenters. The zero-order chi connectivity index (χ0) is 12.3. The molecule has 0 aromatic carbocycles. The second kappa shape index (κ2) is 5.32. The lowest BCUT2D eigenvalue weighted by atomic mass is 9.99. The largest absolute Gasteiger partial charge is 0.481 e. The van der Waals surface area contributed by atoms with Gasteiger partial charge in [-0.15, -0.1) is 0 Å². The second-order valence-electron chi connectivity index (χ2n) is 4.68. The highest BCUT2D eigenvalue weighted by molar-refractivity contribution is 5.80. The zero-order valence-electron chi connectivity index (χ0n) is 10.3. The van der Waals surface area contributed by atoms with Crippen molar-refractivity contribution in [3.05, 3.63) is 0 Å². The smallest absolute Gasteiger partial charge is 0.308 e. The maximum atomic E-state index is 12.1. The van der Waals surface area contributed by atoms with Gasteiger partial charge in [0.25, 0.3) is 0 Å². The van der Waals surface area contributed by atoms with E-state index in [9.17, 15) is 9.59 Å². The molecule has 0 bridgehead atoms. The van der Waals surface area contributed by atoms with E-state index >= 15 is 0 Å². The number of nitrogens with zero attached hydrogens (tertiary/aromatic N) is 1. The average molecular weight is 227 g/mol. The molecule has 0 aromatic heterocycles. The van der Waals surface area contributed by atoms with E-state index in [1.165, 1.54) is 0 Å². The molecule has 1 heterocycles. The van der Waals surface area contributed by atoms with Crippen LogP contribution in [0.4, 0.5) is 0 Å². The average Bonchev–Trinajstić information content (AvgIpc) is 2.62. The molecule has 1 saturated heterocycles. The van der Waals surface area contributed by atoms with Crippen molar-refractivity contribution >= 4 is 11.9 Å². The SMILES string of the molecule is CCC(CC)C(=O)N1C[C@@H](C)[C@H](C(=O)O)C1. The first-order valence-corrected chi connectivity index (χ1v) is 6.02. The van der Waals surface area contributed by atoms with Gasteiger partial charge in [0, 0.05) is 19.0 Å². The van der Waals surface area contributed by atoms with Gasteiger partial charge in [0.2, 0.25) is 5.91 Å². The van der Waals surface area contributed by atoms with Crippen molar-refractivity contribution in [3.8, 4) is 0 Å². The van der Waals surface area contributed by atoms with Crippen molar-refractivity contribution < 1.29 is 14.7 Å². The van der Waals surface area contributed by atoms with Crippen LogP contribution in [0.1, 0.15) is 33.6 Å². The molecule has 4 heteroatoms. The molecule has 1 amide bonds. The number of rotatable bonds is 4. The Bertz CT molecular complexity index is 273. The fourth-order valence-electron chi connectivity index (χ4n) is 2.36. The molecule has 1 aliphatic heterocycles. The molecule has 0 saturated carbocycles. The number of hydrogen-bond donors (Lipinski definition) is 1. The van der Waals surface area contributed by atoms with E-state index in [0.29, 0.717) is 13.1 Å². The summed E-state index contributed by atoms with van der Waals surface area (Å²) in [6.45, 7) is 6.87. The first kappa shape index (κ1) is 13.0. The number of aliphatic carboxylic acids is 1. The van der Waals surface area contributed by atoms with E-state index in [1.54, 1.807) is 4.90 Å². The van der Waals surface area contributed by atoms with Gasteiger partial charge >= 0.3 is 5.97 Å². The van der Waals surface area contributed by atoms with Crippen LogP contribution < -0.4 is 0 Å². The number of hydrogen-bond acceptors (Lipinski definition) is 2. The summed E-state index contributed by atoms with van der Waals surface area (Å²) in [5.41, 5.74) is 0. The van der Waals surface area contributed by atoms with Crippen molar-refractivity contribution in [2.24, 2.45) is 17.8 Å². The number of carbonyl (C=O) groups excluding carboxylic acids is 1. The zero-order valence-corrected chi connectivity index (χ0v) is 10.3. The van der Waals surface area contributed by atoms with E-state index in [-0.39, 0.29) is 17.7 Å². The predicted molar refractivity (Wildman–Crippen MR) is 60.9 cm³/mol. The number of amides is 1. The highest BCUT2D eigenvalue weighted by Crippen LogP contribution is 2.25. The van der Waals surface area contributed by atoms with Crippen LogP contribution in [-0.4, -0.2) is 35.0 Å². The third-order valence-corrected chi connectivity index (χ3v) is 3.58. The van der Waals surface area contributed by atoms with Crippen LogP contribution >= 0.6 is 0 Å². The second-order valence-corrected chi connectivity index (χ2v) is 4.68. The summed E-state index contributed by atoms with van der Waals surface area (Å²) in [6.07, 6.45) is 1.66. The minimum absolute atomic E-state index is 0.0553. The first-order chi connectivity index (χ1) is 7.51. The van der Waals surface area contributed by atoms with Crippen LogP contribution in [-0.2, 0) is 9.59 Å². The van der Waals surface area contributed by atoms with Gasteiger partial charge in [-0.05, 0) is 18.8 Å². The number of likely N-dealkylation sites (tertiary alicyclic amines) is 1. The van der Waals surface area contributed by atoms with Crippen molar-refractivity contribution in [1.82, 2.24) is 4.90 Å². The van der Waals surface area contributed by atoms with Gasteiger partial charge in [0.15, 0.2) is 0 Å². The summed E-state index contributed by atoms with van der Waals surface area (Å²) in [5, 5.41) is 9.00. The molecule has 1 N–H and O–H groups in total. The minimum atomic E-state index is -0.785. The maximum Gasteiger partial charge on any atom is 0.308 e. The van der Waals surface area contributed by atoms with Gasteiger partial charge in [0.05, 0.1) is 5.92 Å². The Morgan fingerprint density at radius 1 is 1.31 bits per heavy atom. The molecule has 0 aliphatic carbocycles. The predicted octanol–water partition coefficient (Wildman–Crippen LogP) is 1.60.